The molecule has 0 spiro atoms. The highest BCUT2D eigenvalue weighted by molar-refractivity contribution is 6.34. The molecule has 0 aromatic heterocycles. The summed E-state index contributed by atoms with van der Waals surface area (Å²) in [5, 5.41) is 2.33. The minimum atomic E-state index is -4.61. The number of carbonyl (C=O) groups excluding carboxylic acids is 1. The first-order valence-corrected chi connectivity index (χ1v) is 9.08. The molecule has 2 atom stereocenters. The van der Waals surface area contributed by atoms with Crippen molar-refractivity contribution in [3.63, 3.8) is 0 Å². The number of carbonyl (C=O) groups is 1. The summed E-state index contributed by atoms with van der Waals surface area (Å²) in [4.78, 5) is 15.0. The molecule has 0 saturated carbocycles. The molecule has 0 bridgehead atoms. The summed E-state index contributed by atoms with van der Waals surface area (Å²) < 4.78 is 39.3. The van der Waals surface area contributed by atoms with E-state index in [2.05, 4.69) is 10.2 Å². The molecule has 152 valence electrons. The number of alkyl halides is 3. The number of nitrogens with zero attached hydrogens (tertiary/aromatic N) is 1. The molecule has 1 aliphatic rings. The van der Waals surface area contributed by atoms with E-state index in [1.54, 1.807) is 0 Å². The van der Waals surface area contributed by atoms with Crippen LogP contribution in [0.3, 0.4) is 0 Å². The Balaban J connectivity index is 0.00000280. The molecule has 2 unspecified atom stereocenters. The molecule has 2 aromatic carbocycles. The molecule has 3 rings (SSSR count). The summed E-state index contributed by atoms with van der Waals surface area (Å²) in [7, 11) is 1.98. The van der Waals surface area contributed by atoms with E-state index in [0.717, 1.165) is 31.0 Å². The molecule has 1 aliphatic heterocycles. The third-order valence-electron chi connectivity index (χ3n) is 4.96. The Morgan fingerprint density at radius 3 is 2.43 bits per heavy atom. The fourth-order valence-corrected chi connectivity index (χ4v) is 3.88. The lowest BCUT2D eigenvalue weighted by molar-refractivity contribution is -0.137. The second kappa shape index (κ2) is 9.16. The Morgan fingerprint density at radius 1 is 1.18 bits per heavy atom. The summed E-state index contributed by atoms with van der Waals surface area (Å²) in [6, 6.07) is 12.6. The van der Waals surface area contributed by atoms with Gasteiger partial charge in [-0.2, -0.15) is 13.2 Å². The standard InChI is InChI=1S/C20H20ClF3N2O.ClH/c1-26-12-6-11-16(26)18(13-7-3-2-4-8-13)25-19(27)14-9-5-10-15(17(14)21)20(22,23)24;/h2-5,7-10,16,18H,6,11-12H2,1H3,(H,25,27);1H. The zero-order valence-electron chi connectivity index (χ0n) is 15.2. The number of benzene rings is 2. The largest absolute Gasteiger partial charge is 0.417 e. The summed E-state index contributed by atoms with van der Waals surface area (Å²) in [5.74, 6) is -0.611. The van der Waals surface area contributed by atoms with Crippen LogP contribution in [0.2, 0.25) is 5.02 Å². The molecule has 3 nitrogen and oxygen atoms in total. The predicted molar refractivity (Wildman–Crippen MR) is 106 cm³/mol. The fraction of sp³-hybridized carbons (Fsp3) is 0.350. The smallest absolute Gasteiger partial charge is 0.344 e. The lowest BCUT2D eigenvalue weighted by Crippen LogP contribution is -2.41. The average molecular weight is 433 g/mol. The molecule has 1 heterocycles. The Labute approximate surface area is 173 Å². The van der Waals surface area contributed by atoms with Gasteiger partial charge in [-0.1, -0.05) is 48.0 Å². The van der Waals surface area contributed by atoms with Gasteiger partial charge in [-0.15, -0.1) is 12.4 Å². The number of nitrogens with one attached hydrogen (secondary N) is 1. The number of hydrogen-bond donors (Lipinski definition) is 1. The molecule has 0 radical (unpaired) electrons. The van der Waals surface area contributed by atoms with Crippen LogP contribution in [0.4, 0.5) is 13.2 Å². The van der Waals surface area contributed by atoms with E-state index in [1.807, 2.05) is 37.4 Å². The third-order valence-corrected chi connectivity index (χ3v) is 5.36. The zero-order valence-corrected chi connectivity index (χ0v) is 16.7. The van der Waals surface area contributed by atoms with Gasteiger partial charge in [0, 0.05) is 6.04 Å². The van der Waals surface area contributed by atoms with Crippen LogP contribution in [0, 0.1) is 0 Å². The van der Waals surface area contributed by atoms with Gasteiger partial charge in [0.1, 0.15) is 0 Å². The van der Waals surface area contributed by atoms with Gasteiger partial charge in [-0.3, -0.25) is 4.79 Å². The maximum atomic E-state index is 13.1. The van der Waals surface area contributed by atoms with Crippen molar-refractivity contribution in [1.29, 1.82) is 0 Å². The predicted octanol–water partition coefficient (Wildman–Crippen LogP) is 5.35. The van der Waals surface area contributed by atoms with Crippen molar-refractivity contribution in [2.75, 3.05) is 13.6 Å². The van der Waals surface area contributed by atoms with Gasteiger partial charge in [0.15, 0.2) is 0 Å². The van der Waals surface area contributed by atoms with E-state index in [9.17, 15) is 18.0 Å². The Morgan fingerprint density at radius 2 is 1.86 bits per heavy atom. The second-order valence-electron chi connectivity index (χ2n) is 6.72. The molecule has 1 amide bonds. The highest BCUT2D eigenvalue weighted by atomic mass is 35.5. The molecule has 0 aliphatic carbocycles. The molecule has 8 heteroatoms. The van der Waals surface area contributed by atoms with Crippen LogP contribution in [0.15, 0.2) is 48.5 Å². The Bertz CT molecular complexity index is 815. The topological polar surface area (TPSA) is 32.3 Å². The van der Waals surface area contributed by atoms with Gasteiger partial charge in [0.2, 0.25) is 0 Å². The maximum Gasteiger partial charge on any atom is 0.417 e. The van der Waals surface area contributed by atoms with Gasteiger partial charge in [0.05, 0.1) is 22.2 Å². The third kappa shape index (κ3) is 4.80. The number of likely N-dealkylation sites (tertiary alicyclic amines) is 1. The minimum absolute atomic E-state index is 0. The molecule has 2 aromatic rings. The normalized spacial score (nSPS) is 18.4. The molecule has 1 N–H and O–H groups in total. The number of halogens is 5. The summed E-state index contributed by atoms with van der Waals surface area (Å²) in [6.45, 7) is 0.911. The van der Waals surface area contributed by atoms with Crippen molar-refractivity contribution in [2.24, 2.45) is 0 Å². The first kappa shape index (κ1) is 22.5. The highest BCUT2D eigenvalue weighted by Gasteiger charge is 2.36. The SMILES string of the molecule is CN1CCCC1C(NC(=O)c1cccc(C(F)(F)F)c1Cl)c1ccccc1.Cl. The van der Waals surface area contributed by atoms with Crippen molar-refractivity contribution in [2.45, 2.75) is 31.1 Å². The van der Waals surface area contributed by atoms with Crippen LogP contribution in [-0.4, -0.2) is 30.4 Å². The van der Waals surface area contributed by atoms with Gasteiger partial charge in [-0.05, 0) is 44.1 Å². The van der Waals surface area contributed by atoms with E-state index in [-0.39, 0.29) is 30.1 Å². The van der Waals surface area contributed by atoms with Crippen LogP contribution in [0.5, 0.6) is 0 Å². The van der Waals surface area contributed by atoms with Crippen molar-refractivity contribution >= 4 is 29.9 Å². The lowest BCUT2D eigenvalue weighted by atomic mass is 9.96. The van der Waals surface area contributed by atoms with Crippen LogP contribution >= 0.6 is 24.0 Å². The van der Waals surface area contributed by atoms with Gasteiger partial charge >= 0.3 is 6.18 Å². The van der Waals surface area contributed by atoms with E-state index < -0.39 is 22.7 Å². The minimum Gasteiger partial charge on any atom is -0.344 e. The molecular weight excluding hydrogens is 412 g/mol. The first-order chi connectivity index (χ1) is 12.8. The number of amides is 1. The number of likely N-dealkylation sites (N-methyl/N-ethyl adjacent to an activating group) is 1. The van der Waals surface area contributed by atoms with Crippen molar-refractivity contribution in [1.82, 2.24) is 10.2 Å². The first-order valence-electron chi connectivity index (χ1n) is 8.71. The van der Waals surface area contributed by atoms with Gasteiger partial charge < -0.3 is 10.2 Å². The monoisotopic (exact) mass is 432 g/mol. The quantitative estimate of drug-likeness (QED) is 0.706. The van der Waals surface area contributed by atoms with Crippen LogP contribution in [0.25, 0.3) is 0 Å². The van der Waals surface area contributed by atoms with E-state index in [4.69, 9.17) is 11.6 Å². The van der Waals surface area contributed by atoms with E-state index in [1.165, 1.54) is 12.1 Å². The molecule has 28 heavy (non-hydrogen) atoms. The van der Waals surface area contributed by atoms with Gasteiger partial charge in [0.25, 0.3) is 5.91 Å². The van der Waals surface area contributed by atoms with E-state index in [0.29, 0.717) is 0 Å². The molecular formula is C20H21Cl2F3N2O. The molecule has 1 saturated heterocycles. The average Bonchev–Trinajstić information content (AvgIpc) is 3.05. The van der Waals surface area contributed by atoms with Crippen LogP contribution in [0.1, 0.15) is 40.4 Å². The zero-order chi connectivity index (χ0) is 19.6. The van der Waals surface area contributed by atoms with Crippen LogP contribution in [-0.2, 0) is 6.18 Å². The molecule has 1 fully saturated rings. The summed E-state index contributed by atoms with van der Waals surface area (Å²) in [6.07, 6.45) is -2.71. The van der Waals surface area contributed by atoms with Crippen molar-refractivity contribution in [3.05, 3.63) is 70.2 Å². The number of rotatable bonds is 4. The van der Waals surface area contributed by atoms with Crippen molar-refractivity contribution in [3.8, 4) is 0 Å². The highest BCUT2D eigenvalue weighted by Crippen LogP contribution is 2.36. The Kier molecular flexibility index (Phi) is 7.37. The Hall–Kier alpha value is -1.76. The van der Waals surface area contributed by atoms with E-state index >= 15 is 0 Å². The lowest BCUT2D eigenvalue weighted by Gasteiger charge is -2.30. The van der Waals surface area contributed by atoms with Crippen LogP contribution < -0.4 is 5.32 Å². The fourth-order valence-electron chi connectivity index (χ4n) is 3.56. The van der Waals surface area contributed by atoms with Crippen molar-refractivity contribution < 1.29 is 18.0 Å². The summed E-state index contributed by atoms with van der Waals surface area (Å²) in [5.41, 5.74) is -0.271. The number of hydrogen-bond acceptors (Lipinski definition) is 2. The second-order valence-corrected chi connectivity index (χ2v) is 7.09. The van der Waals surface area contributed by atoms with Gasteiger partial charge in [-0.25, -0.2) is 0 Å². The maximum absolute atomic E-state index is 13.1. The summed E-state index contributed by atoms with van der Waals surface area (Å²) >= 11 is 5.91.